The quantitative estimate of drug-likeness (QED) is 0.774. The fourth-order valence-electron chi connectivity index (χ4n) is 3.83. The van der Waals surface area contributed by atoms with Crippen molar-refractivity contribution in [2.45, 2.75) is 44.6 Å². The summed E-state index contributed by atoms with van der Waals surface area (Å²) in [6.45, 7) is 1.37. The topological polar surface area (TPSA) is 50.8 Å². The Hall–Kier alpha value is -1.99. The van der Waals surface area contributed by atoms with Gasteiger partial charge in [0.15, 0.2) is 0 Å². The summed E-state index contributed by atoms with van der Waals surface area (Å²) < 4.78 is 7.88. The molecule has 23 heavy (non-hydrogen) atoms. The van der Waals surface area contributed by atoms with Crippen molar-refractivity contribution in [3.05, 3.63) is 34.5 Å². The first kappa shape index (κ1) is 14.6. The van der Waals surface area contributed by atoms with Crippen LogP contribution >= 0.6 is 11.6 Å². The molecule has 1 saturated carbocycles. The molecule has 0 amide bonds. The van der Waals surface area contributed by atoms with Crippen LogP contribution in [0, 0.1) is 11.3 Å². The predicted octanol–water partition coefficient (Wildman–Crippen LogP) is 4.52. The van der Waals surface area contributed by atoms with Crippen molar-refractivity contribution in [3.8, 4) is 23.1 Å². The van der Waals surface area contributed by atoms with Crippen molar-refractivity contribution in [1.82, 2.24) is 9.78 Å². The summed E-state index contributed by atoms with van der Waals surface area (Å²) >= 11 is 6.55. The SMILES string of the molecule is N#Cc1c(C2CCCC2)cc(Cl)c2c1-c1ccnn1CCCO2. The van der Waals surface area contributed by atoms with Gasteiger partial charge in [-0.15, -0.1) is 0 Å². The van der Waals surface area contributed by atoms with Crippen LogP contribution in [-0.4, -0.2) is 16.4 Å². The van der Waals surface area contributed by atoms with Gasteiger partial charge in [-0.2, -0.15) is 10.4 Å². The van der Waals surface area contributed by atoms with Gasteiger partial charge in [0.05, 0.1) is 28.5 Å². The molecule has 1 aliphatic carbocycles. The average Bonchev–Trinajstić information content (AvgIpc) is 3.20. The molecule has 1 fully saturated rings. The highest BCUT2D eigenvalue weighted by Gasteiger charge is 2.28. The van der Waals surface area contributed by atoms with Gasteiger partial charge >= 0.3 is 0 Å². The van der Waals surface area contributed by atoms with E-state index in [0.29, 0.717) is 28.9 Å². The van der Waals surface area contributed by atoms with Crippen LogP contribution < -0.4 is 4.74 Å². The molecule has 0 atom stereocenters. The first-order valence-corrected chi connectivity index (χ1v) is 8.59. The maximum Gasteiger partial charge on any atom is 0.148 e. The largest absolute Gasteiger partial charge is 0.491 e. The Labute approximate surface area is 140 Å². The first-order chi connectivity index (χ1) is 11.3. The maximum atomic E-state index is 9.87. The average molecular weight is 328 g/mol. The third-order valence-electron chi connectivity index (χ3n) is 4.91. The van der Waals surface area contributed by atoms with Crippen LogP contribution in [0.5, 0.6) is 5.75 Å². The van der Waals surface area contributed by atoms with Crippen LogP contribution in [0.3, 0.4) is 0 Å². The lowest BCUT2D eigenvalue weighted by Crippen LogP contribution is -2.13. The molecule has 0 N–H and O–H groups in total. The zero-order valence-corrected chi connectivity index (χ0v) is 13.6. The van der Waals surface area contributed by atoms with Crippen molar-refractivity contribution in [3.63, 3.8) is 0 Å². The van der Waals surface area contributed by atoms with Crippen LogP contribution in [0.2, 0.25) is 5.02 Å². The third kappa shape index (κ3) is 2.40. The predicted molar refractivity (Wildman–Crippen MR) is 88.7 cm³/mol. The van der Waals surface area contributed by atoms with Gasteiger partial charge in [-0.3, -0.25) is 4.68 Å². The molecule has 2 aromatic rings. The minimum absolute atomic E-state index is 0.425. The summed E-state index contributed by atoms with van der Waals surface area (Å²) in [5.41, 5.74) is 3.53. The first-order valence-electron chi connectivity index (χ1n) is 8.21. The van der Waals surface area contributed by atoms with Crippen LogP contribution in [0.25, 0.3) is 11.3 Å². The van der Waals surface area contributed by atoms with E-state index < -0.39 is 0 Å². The molecule has 0 spiro atoms. The smallest absolute Gasteiger partial charge is 0.148 e. The van der Waals surface area contributed by atoms with Crippen molar-refractivity contribution in [2.75, 3.05) is 6.61 Å². The number of hydrogen-bond acceptors (Lipinski definition) is 3. The number of aromatic nitrogens is 2. The molecule has 118 valence electrons. The number of ether oxygens (including phenoxy) is 1. The lowest BCUT2D eigenvalue weighted by Gasteiger charge is -2.22. The van der Waals surface area contributed by atoms with Crippen LogP contribution in [-0.2, 0) is 6.54 Å². The maximum absolute atomic E-state index is 9.87. The van der Waals surface area contributed by atoms with Gasteiger partial charge in [0.25, 0.3) is 0 Å². The minimum Gasteiger partial charge on any atom is -0.491 e. The van der Waals surface area contributed by atoms with E-state index in [1.165, 1.54) is 12.8 Å². The van der Waals surface area contributed by atoms with E-state index in [9.17, 15) is 5.26 Å². The molecule has 0 bridgehead atoms. The Balaban J connectivity index is 1.99. The molecule has 0 saturated heterocycles. The molecule has 2 aliphatic rings. The molecule has 4 nitrogen and oxygen atoms in total. The molecule has 5 heteroatoms. The van der Waals surface area contributed by atoms with E-state index in [-0.39, 0.29) is 0 Å². The molecule has 0 unspecified atom stereocenters. The minimum atomic E-state index is 0.425. The lowest BCUT2D eigenvalue weighted by atomic mass is 9.89. The number of fused-ring (bicyclic) bond motifs is 3. The zero-order valence-electron chi connectivity index (χ0n) is 12.9. The molecule has 0 radical (unpaired) electrons. The fourth-order valence-corrected chi connectivity index (χ4v) is 4.09. The molecular weight excluding hydrogens is 310 g/mol. The number of benzene rings is 1. The van der Waals surface area contributed by atoms with Gasteiger partial charge in [0.2, 0.25) is 0 Å². The van der Waals surface area contributed by atoms with E-state index in [0.717, 1.165) is 42.6 Å². The zero-order chi connectivity index (χ0) is 15.8. The number of nitriles is 1. The van der Waals surface area contributed by atoms with E-state index in [1.54, 1.807) is 6.20 Å². The Morgan fingerprint density at radius 2 is 2.13 bits per heavy atom. The Morgan fingerprint density at radius 3 is 2.91 bits per heavy atom. The van der Waals surface area contributed by atoms with Gasteiger partial charge in [0, 0.05) is 19.2 Å². The Bertz CT molecular complexity index is 784. The standard InChI is InChI=1S/C18H18ClN3O/c19-15-10-13(12-4-1-2-5-12)14(11-20)17-16-6-7-21-22(16)8-3-9-23-18(15)17/h6-7,10,12H,1-5,8-9H2. The highest BCUT2D eigenvalue weighted by Crippen LogP contribution is 2.46. The van der Waals surface area contributed by atoms with Crippen molar-refractivity contribution in [1.29, 1.82) is 5.26 Å². The van der Waals surface area contributed by atoms with Crippen LogP contribution in [0.15, 0.2) is 18.3 Å². The van der Waals surface area contributed by atoms with E-state index >= 15 is 0 Å². The second-order valence-corrected chi connectivity index (χ2v) is 6.67. The molecule has 1 aromatic carbocycles. The van der Waals surface area contributed by atoms with E-state index in [4.69, 9.17) is 16.3 Å². The van der Waals surface area contributed by atoms with E-state index in [1.807, 2.05) is 16.8 Å². The molecule has 2 heterocycles. The number of aryl methyl sites for hydroxylation is 1. The number of nitrogens with zero attached hydrogens (tertiary/aromatic N) is 3. The van der Waals surface area contributed by atoms with E-state index in [2.05, 4.69) is 11.2 Å². The Kier molecular flexibility index (Phi) is 3.74. The normalized spacial score (nSPS) is 17.6. The van der Waals surface area contributed by atoms with Gasteiger partial charge in [0.1, 0.15) is 11.8 Å². The number of rotatable bonds is 1. The number of hydrogen-bond donors (Lipinski definition) is 0. The van der Waals surface area contributed by atoms with Crippen molar-refractivity contribution < 1.29 is 4.74 Å². The molecule has 1 aromatic heterocycles. The van der Waals surface area contributed by atoms with Crippen LogP contribution in [0.4, 0.5) is 0 Å². The highest BCUT2D eigenvalue weighted by atomic mass is 35.5. The summed E-state index contributed by atoms with van der Waals surface area (Å²) in [5.74, 6) is 1.06. The molecule has 1 aliphatic heterocycles. The summed E-state index contributed by atoms with van der Waals surface area (Å²) in [6, 6.07) is 6.33. The summed E-state index contributed by atoms with van der Waals surface area (Å²) in [6.07, 6.45) is 7.35. The van der Waals surface area contributed by atoms with Crippen molar-refractivity contribution in [2.24, 2.45) is 0 Å². The van der Waals surface area contributed by atoms with Crippen molar-refractivity contribution >= 4 is 11.6 Å². The Morgan fingerprint density at radius 1 is 1.30 bits per heavy atom. The summed E-state index contributed by atoms with van der Waals surface area (Å²) in [5, 5.41) is 14.9. The molecular formula is C18H18ClN3O. The summed E-state index contributed by atoms with van der Waals surface area (Å²) in [4.78, 5) is 0. The highest BCUT2D eigenvalue weighted by molar-refractivity contribution is 6.32. The second-order valence-electron chi connectivity index (χ2n) is 6.26. The van der Waals surface area contributed by atoms with Gasteiger partial charge < -0.3 is 4.74 Å². The van der Waals surface area contributed by atoms with Gasteiger partial charge in [-0.1, -0.05) is 24.4 Å². The molecule has 4 rings (SSSR count). The number of halogens is 1. The summed E-state index contributed by atoms with van der Waals surface area (Å²) in [7, 11) is 0. The lowest BCUT2D eigenvalue weighted by molar-refractivity contribution is 0.295. The third-order valence-corrected chi connectivity index (χ3v) is 5.19. The monoisotopic (exact) mass is 327 g/mol. The second kappa shape index (κ2) is 5.90. The fraction of sp³-hybridized carbons (Fsp3) is 0.444. The van der Waals surface area contributed by atoms with Gasteiger partial charge in [-0.25, -0.2) is 0 Å². The van der Waals surface area contributed by atoms with Gasteiger partial charge in [-0.05, 0) is 36.5 Å². The van der Waals surface area contributed by atoms with Crippen LogP contribution in [0.1, 0.15) is 49.1 Å².